The van der Waals surface area contributed by atoms with Crippen LogP contribution in [0.3, 0.4) is 0 Å². The van der Waals surface area contributed by atoms with Crippen molar-refractivity contribution in [2.24, 2.45) is 0 Å². The first kappa shape index (κ1) is 14.6. The van der Waals surface area contributed by atoms with Crippen LogP contribution in [0.4, 0.5) is 5.69 Å². The van der Waals surface area contributed by atoms with Crippen LogP contribution < -0.4 is 10.1 Å². The number of methoxy groups -OCH3 is 1. The minimum Gasteiger partial charge on any atom is -0.495 e. The molecule has 1 aromatic heterocycles. The van der Waals surface area contributed by atoms with E-state index < -0.39 is 0 Å². The summed E-state index contributed by atoms with van der Waals surface area (Å²) in [6.07, 6.45) is 1.62. The second kappa shape index (κ2) is 6.11. The normalized spacial score (nSPS) is 10.2. The van der Waals surface area contributed by atoms with E-state index in [1.807, 2.05) is 6.92 Å². The van der Waals surface area contributed by atoms with Crippen molar-refractivity contribution in [2.45, 2.75) is 6.92 Å². The molecule has 0 spiro atoms. The lowest BCUT2D eigenvalue weighted by Gasteiger charge is -2.10. The molecule has 6 heteroatoms. The molecule has 0 bridgehead atoms. The molecule has 1 amide bonds. The lowest BCUT2D eigenvalue weighted by atomic mass is 10.2. The van der Waals surface area contributed by atoms with Gasteiger partial charge in [0, 0.05) is 23.6 Å². The first-order valence-corrected chi connectivity index (χ1v) is 6.54. The number of rotatable bonds is 3. The Hall–Kier alpha value is -1.78. The Kier molecular flexibility index (Phi) is 4.47. The quantitative estimate of drug-likeness (QED) is 0.933. The molecule has 0 aliphatic heterocycles. The number of aromatic nitrogens is 1. The van der Waals surface area contributed by atoms with Gasteiger partial charge in [-0.25, -0.2) is 0 Å². The number of hydrogen-bond donors (Lipinski definition) is 1. The monoisotopic (exact) mass is 310 g/mol. The van der Waals surface area contributed by atoms with Crippen molar-refractivity contribution in [3.8, 4) is 5.75 Å². The molecule has 0 saturated carbocycles. The van der Waals surface area contributed by atoms with Crippen molar-refractivity contribution in [3.05, 3.63) is 51.8 Å². The van der Waals surface area contributed by atoms with Crippen LogP contribution in [0.1, 0.15) is 16.1 Å². The van der Waals surface area contributed by atoms with Crippen LogP contribution in [0.15, 0.2) is 30.5 Å². The highest BCUT2D eigenvalue weighted by atomic mass is 35.5. The summed E-state index contributed by atoms with van der Waals surface area (Å²) in [6, 6.07) is 6.45. The Bertz CT molecular complexity index is 660. The lowest BCUT2D eigenvalue weighted by Crippen LogP contribution is -2.13. The summed E-state index contributed by atoms with van der Waals surface area (Å²) in [7, 11) is 1.48. The fraction of sp³-hybridized carbons (Fsp3) is 0.143. The van der Waals surface area contributed by atoms with E-state index in [2.05, 4.69) is 10.3 Å². The first-order chi connectivity index (χ1) is 9.51. The molecule has 0 aliphatic rings. The number of ether oxygens (including phenoxy) is 1. The van der Waals surface area contributed by atoms with Crippen molar-refractivity contribution in [3.63, 3.8) is 0 Å². The summed E-state index contributed by atoms with van der Waals surface area (Å²) in [5.74, 6) is 0.0816. The zero-order valence-electron chi connectivity index (χ0n) is 10.9. The molecular formula is C14H12Cl2N2O2. The fourth-order valence-corrected chi connectivity index (χ4v) is 2.16. The number of amides is 1. The smallest absolute Gasteiger partial charge is 0.257 e. The molecule has 1 aromatic carbocycles. The molecule has 20 heavy (non-hydrogen) atoms. The van der Waals surface area contributed by atoms with Gasteiger partial charge in [0.15, 0.2) is 0 Å². The first-order valence-electron chi connectivity index (χ1n) is 5.78. The maximum atomic E-state index is 12.2. The van der Waals surface area contributed by atoms with Gasteiger partial charge in [-0.2, -0.15) is 0 Å². The Morgan fingerprint density at radius 2 is 2.00 bits per heavy atom. The van der Waals surface area contributed by atoms with Gasteiger partial charge in [0.1, 0.15) is 5.75 Å². The van der Waals surface area contributed by atoms with E-state index in [4.69, 9.17) is 27.9 Å². The minimum atomic E-state index is -0.342. The zero-order valence-corrected chi connectivity index (χ0v) is 12.4. The number of aryl methyl sites for hydroxylation is 1. The topological polar surface area (TPSA) is 51.2 Å². The van der Waals surface area contributed by atoms with Gasteiger partial charge in [-0.05, 0) is 25.1 Å². The minimum absolute atomic E-state index is 0.273. The Balaban J connectivity index is 2.28. The van der Waals surface area contributed by atoms with Gasteiger partial charge < -0.3 is 10.1 Å². The number of nitrogens with one attached hydrogen (secondary N) is 1. The zero-order chi connectivity index (χ0) is 14.7. The van der Waals surface area contributed by atoms with E-state index in [9.17, 15) is 4.79 Å². The molecule has 104 valence electrons. The third-order valence-corrected chi connectivity index (χ3v) is 3.25. The summed E-state index contributed by atoms with van der Waals surface area (Å²) in [5.41, 5.74) is 1.74. The molecule has 1 heterocycles. The van der Waals surface area contributed by atoms with Crippen LogP contribution in [-0.4, -0.2) is 18.0 Å². The molecule has 4 nitrogen and oxygen atoms in total. The summed E-state index contributed by atoms with van der Waals surface area (Å²) in [4.78, 5) is 16.2. The fourth-order valence-electron chi connectivity index (χ4n) is 1.68. The van der Waals surface area contributed by atoms with Crippen LogP contribution >= 0.6 is 23.2 Å². The summed E-state index contributed by atoms with van der Waals surface area (Å²) < 4.78 is 5.04. The van der Waals surface area contributed by atoms with Crippen LogP contribution in [0.5, 0.6) is 5.75 Å². The van der Waals surface area contributed by atoms with Crippen LogP contribution in [0, 0.1) is 6.92 Å². The number of carbonyl (C=O) groups is 1. The van der Waals surface area contributed by atoms with Gasteiger partial charge >= 0.3 is 0 Å². The predicted molar refractivity (Wildman–Crippen MR) is 79.9 cm³/mol. The summed E-state index contributed by atoms with van der Waals surface area (Å²) in [6.45, 7) is 1.84. The summed E-state index contributed by atoms with van der Waals surface area (Å²) in [5, 5.41) is 3.34. The van der Waals surface area contributed by atoms with Crippen LogP contribution in [0.25, 0.3) is 0 Å². The standard InChI is InChI=1S/C14H12Cl2N2O2/c1-8-5-9(3-4-17-8)18-14(19)10-6-12(16)13(20-2)7-11(10)15/h3-7H,1-2H3,(H,17,18,19). The molecule has 0 atom stereocenters. The van der Waals surface area contributed by atoms with Crippen molar-refractivity contribution in [2.75, 3.05) is 12.4 Å². The highest BCUT2D eigenvalue weighted by Crippen LogP contribution is 2.31. The maximum Gasteiger partial charge on any atom is 0.257 e. The van der Waals surface area contributed by atoms with Gasteiger partial charge in [0.2, 0.25) is 0 Å². The van der Waals surface area contributed by atoms with Gasteiger partial charge in [0.25, 0.3) is 5.91 Å². The average Bonchev–Trinajstić information content (AvgIpc) is 2.40. The highest BCUT2D eigenvalue weighted by molar-refractivity contribution is 6.37. The van der Waals surface area contributed by atoms with Crippen molar-refractivity contribution < 1.29 is 9.53 Å². The Morgan fingerprint density at radius 3 is 2.65 bits per heavy atom. The van der Waals surface area contributed by atoms with Crippen molar-refractivity contribution >= 4 is 34.8 Å². The number of anilines is 1. The van der Waals surface area contributed by atoms with Gasteiger partial charge in [0.05, 0.1) is 22.7 Å². The maximum absolute atomic E-state index is 12.2. The predicted octanol–water partition coefficient (Wildman–Crippen LogP) is 3.96. The van der Waals surface area contributed by atoms with Crippen molar-refractivity contribution in [1.82, 2.24) is 4.98 Å². The third kappa shape index (κ3) is 3.21. The van der Waals surface area contributed by atoms with Gasteiger partial charge in [-0.3, -0.25) is 9.78 Å². The molecular weight excluding hydrogens is 299 g/mol. The molecule has 0 unspecified atom stereocenters. The third-order valence-electron chi connectivity index (χ3n) is 2.64. The van der Waals surface area contributed by atoms with E-state index in [0.29, 0.717) is 16.5 Å². The van der Waals surface area contributed by atoms with Crippen LogP contribution in [0.2, 0.25) is 10.0 Å². The summed E-state index contributed by atoms with van der Waals surface area (Å²) >= 11 is 12.1. The second-order valence-electron chi connectivity index (χ2n) is 4.11. The molecule has 0 aliphatic carbocycles. The molecule has 0 saturated heterocycles. The van der Waals surface area contributed by atoms with Gasteiger partial charge in [-0.15, -0.1) is 0 Å². The molecule has 2 rings (SSSR count). The number of carbonyl (C=O) groups excluding carboxylic acids is 1. The highest BCUT2D eigenvalue weighted by Gasteiger charge is 2.14. The molecule has 1 N–H and O–H groups in total. The largest absolute Gasteiger partial charge is 0.495 e. The van der Waals surface area contributed by atoms with E-state index >= 15 is 0 Å². The van der Waals surface area contributed by atoms with E-state index in [1.54, 1.807) is 18.3 Å². The Labute approximate surface area is 126 Å². The SMILES string of the molecule is COc1cc(Cl)c(C(=O)Nc2ccnc(C)c2)cc1Cl. The number of benzene rings is 1. The van der Waals surface area contributed by atoms with Gasteiger partial charge in [-0.1, -0.05) is 23.2 Å². The number of nitrogens with zero attached hydrogens (tertiary/aromatic N) is 1. The average molecular weight is 311 g/mol. The number of pyridine rings is 1. The van der Waals surface area contributed by atoms with E-state index in [-0.39, 0.29) is 16.5 Å². The second-order valence-corrected chi connectivity index (χ2v) is 4.92. The van der Waals surface area contributed by atoms with Crippen molar-refractivity contribution in [1.29, 1.82) is 0 Å². The van der Waals surface area contributed by atoms with Crippen LogP contribution in [-0.2, 0) is 0 Å². The lowest BCUT2D eigenvalue weighted by molar-refractivity contribution is 0.102. The molecule has 0 fully saturated rings. The molecule has 0 radical (unpaired) electrons. The Morgan fingerprint density at radius 1 is 1.25 bits per heavy atom. The van der Waals surface area contributed by atoms with E-state index in [0.717, 1.165) is 5.69 Å². The number of hydrogen-bond acceptors (Lipinski definition) is 3. The van der Waals surface area contributed by atoms with E-state index in [1.165, 1.54) is 19.2 Å². The molecule has 2 aromatic rings. The number of halogens is 2.